The van der Waals surface area contributed by atoms with E-state index in [9.17, 15) is 5.11 Å². The summed E-state index contributed by atoms with van der Waals surface area (Å²) in [5, 5.41) is 9.96. The molecule has 1 aromatic rings. The highest BCUT2D eigenvalue weighted by molar-refractivity contribution is 5.23. The minimum absolute atomic E-state index is 0.421. The van der Waals surface area contributed by atoms with Crippen molar-refractivity contribution < 1.29 is 5.11 Å². The minimum atomic E-state index is -0.421. The minimum Gasteiger partial charge on any atom is -0.388 e. The van der Waals surface area contributed by atoms with E-state index in [1.54, 1.807) is 0 Å². The Kier molecular flexibility index (Phi) is 4.04. The van der Waals surface area contributed by atoms with E-state index < -0.39 is 6.10 Å². The van der Waals surface area contributed by atoms with Crippen LogP contribution in [0.1, 0.15) is 42.8 Å². The highest BCUT2D eigenvalue weighted by atomic mass is 16.3. The molecule has 1 N–H and O–H groups in total. The van der Waals surface area contributed by atoms with Crippen LogP contribution in [-0.4, -0.2) is 10.1 Å². The van der Waals surface area contributed by atoms with Crippen LogP contribution >= 0.6 is 0 Å². The van der Waals surface area contributed by atoms with Crippen LogP contribution in [0.3, 0.4) is 0 Å². The maximum absolute atomic E-state index is 9.96. The molecule has 0 radical (unpaired) electrons. The molecule has 2 nitrogen and oxygen atoms in total. The summed E-state index contributed by atoms with van der Waals surface area (Å²) < 4.78 is 0. The third-order valence-corrected chi connectivity index (χ3v) is 2.47. The average molecular weight is 205 g/mol. The summed E-state index contributed by atoms with van der Waals surface area (Å²) in [7, 11) is 0. The van der Waals surface area contributed by atoms with Crippen LogP contribution in [0.2, 0.25) is 0 Å². The zero-order chi connectivity index (χ0) is 11.4. The number of hydrogen-bond acceptors (Lipinski definition) is 2. The molecule has 0 saturated heterocycles. The first-order valence-corrected chi connectivity index (χ1v) is 5.27. The van der Waals surface area contributed by atoms with E-state index >= 15 is 0 Å². The van der Waals surface area contributed by atoms with E-state index in [4.69, 9.17) is 0 Å². The van der Waals surface area contributed by atoms with E-state index in [1.807, 2.05) is 32.9 Å². The molecule has 1 aromatic heterocycles. The smallest absolute Gasteiger partial charge is 0.0810 e. The van der Waals surface area contributed by atoms with Crippen molar-refractivity contribution >= 4 is 0 Å². The Bertz CT molecular complexity index is 358. The van der Waals surface area contributed by atoms with Gasteiger partial charge < -0.3 is 5.11 Å². The van der Waals surface area contributed by atoms with Gasteiger partial charge in [0, 0.05) is 17.0 Å². The standard InChI is InChI=1S/C13H19NO/c1-9(2)5-8-13(15)12-7-6-10(3)14-11(12)4/h6-7,13,15H,1,5,8H2,2-4H3. The average Bonchev–Trinajstić information content (AvgIpc) is 2.14. The van der Waals surface area contributed by atoms with Crippen molar-refractivity contribution in [1.82, 2.24) is 4.98 Å². The van der Waals surface area contributed by atoms with E-state index in [-0.39, 0.29) is 0 Å². The first-order valence-electron chi connectivity index (χ1n) is 5.27. The number of hydrogen-bond donors (Lipinski definition) is 1. The second-order valence-electron chi connectivity index (χ2n) is 4.14. The fourth-order valence-electron chi connectivity index (χ4n) is 1.59. The zero-order valence-electron chi connectivity index (χ0n) is 9.75. The van der Waals surface area contributed by atoms with Crippen molar-refractivity contribution in [2.45, 2.75) is 39.7 Å². The molecule has 1 atom stereocenters. The number of aliphatic hydroxyl groups is 1. The topological polar surface area (TPSA) is 33.1 Å². The maximum atomic E-state index is 9.96. The summed E-state index contributed by atoms with van der Waals surface area (Å²) in [6.07, 6.45) is 1.16. The summed E-state index contributed by atoms with van der Waals surface area (Å²) in [6, 6.07) is 3.90. The molecule has 1 heterocycles. The van der Waals surface area contributed by atoms with Gasteiger partial charge >= 0.3 is 0 Å². The molecule has 82 valence electrons. The van der Waals surface area contributed by atoms with Crippen LogP contribution in [0.15, 0.2) is 24.3 Å². The molecule has 0 fully saturated rings. The molecule has 0 aliphatic rings. The Balaban J connectivity index is 2.73. The van der Waals surface area contributed by atoms with Gasteiger partial charge in [-0.1, -0.05) is 11.6 Å². The van der Waals surface area contributed by atoms with Crippen molar-refractivity contribution in [3.8, 4) is 0 Å². The van der Waals surface area contributed by atoms with Crippen LogP contribution < -0.4 is 0 Å². The molecule has 0 bridgehead atoms. The zero-order valence-corrected chi connectivity index (χ0v) is 9.75. The number of nitrogens with zero attached hydrogens (tertiary/aromatic N) is 1. The summed E-state index contributed by atoms with van der Waals surface area (Å²) in [4.78, 5) is 4.34. The lowest BCUT2D eigenvalue weighted by Crippen LogP contribution is -2.02. The van der Waals surface area contributed by atoms with Crippen molar-refractivity contribution in [3.63, 3.8) is 0 Å². The van der Waals surface area contributed by atoms with Crippen molar-refractivity contribution in [2.75, 3.05) is 0 Å². The molecule has 0 saturated carbocycles. The molecule has 15 heavy (non-hydrogen) atoms. The lowest BCUT2D eigenvalue weighted by molar-refractivity contribution is 0.166. The van der Waals surface area contributed by atoms with Gasteiger partial charge in [-0.2, -0.15) is 0 Å². The Hall–Kier alpha value is -1.15. The first kappa shape index (κ1) is 11.9. The third kappa shape index (κ3) is 3.48. The normalized spacial score (nSPS) is 12.5. The number of rotatable bonds is 4. The Labute approximate surface area is 91.7 Å². The van der Waals surface area contributed by atoms with Crippen molar-refractivity contribution in [2.24, 2.45) is 0 Å². The summed E-state index contributed by atoms with van der Waals surface area (Å²) in [5.74, 6) is 0. The van der Waals surface area contributed by atoms with Gasteiger partial charge in [-0.05, 0) is 39.7 Å². The summed E-state index contributed by atoms with van der Waals surface area (Å²) >= 11 is 0. The van der Waals surface area contributed by atoms with E-state index in [0.29, 0.717) is 0 Å². The fourth-order valence-corrected chi connectivity index (χ4v) is 1.59. The highest BCUT2D eigenvalue weighted by Crippen LogP contribution is 2.22. The molecule has 0 amide bonds. The molecule has 2 heteroatoms. The van der Waals surface area contributed by atoms with E-state index in [0.717, 1.165) is 35.4 Å². The Morgan fingerprint density at radius 2 is 2.13 bits per heavy atom. The first-order chi connectivity index (χ1) is 7.00. The van der Waals surface area contributed by atoms with Gasteiger partial charge in [-0.25, -0.2) is 0 Å². The molecular formula is C13H19NO. The predicted molar refractivity (Wildman–Crippen MR) is 62.7 cm³/mol. The quantitative estimate of drug-likeness (QED) is 0.766. The predicted octanol–water partition coefficient (Wildman–Crippen LogP) is 3.09. The molecule has 0 aromatic carbocycles. The monoisotopic (exact) mass is 205 g/mol. The molecule has 0 aliphatic heterocycles. The van der Waals surface area contributed by atoms with Crippen LogP contribution in [0.25, 0.3) is 0 Å². The van der Waals surface area contributed by atoms with Gasteiger partial charge in [0.15, 0.2) is 0 Å². The van der Waals surface area contributed by atoms with Crippen molar-refractivity contribution in [3.05, 3.63) is 41.2 Å². The molecule has 1 rings (SSSR count). The number of aliphatic hydroxyl groups excluding tert-OH is 1. The number of aromatic nitrogens is 1. The SMILES string of the molecule is C=C(C)CCC(O)c1ccc(C)nc1C. The number of pyridine rings is 1. The van der Waals surface area contributed by atoms with Crippen LogP contribution in [0, 0.1) is 13.8 Å². The van der Waals surface area contributed by atoms with Gasteiger partial charge in [-0.3, -0.25) is 4.98 Å². The van der Waals surface area contributed by atoms with Crippen LogP contribution in [0.4, 0.5) is 0 Å². The van der Waals surface area contributed by atoms with Gasteiger partial charge in [-0.15, -0.1) is 6.58 Å². The van der Waals surface area contributed by atoms with Crippen LogP contribution in [0.5, 0.6) is 0 Å². The second-order valence-corrected chi connectivity index (χ2v) is 4.14. The lowest BCUT2D eigenvalue weighted by atomic mass is 10.0. The van der Waals surface area contributed by atoms with Crippen molar-refractivity contribution in [1.29, 1.82) is 0 Å². The largest absolute Gasteiger partial charge is 0.388 e. The van der Waals surface area contributed by atoms with E-state index in [2.05, 4.69) is 11.6 Å². The van der Waals surface area contributed by atoms with Gasteiger partial charge in [0.1, 0.15) is 0 Å². The molecule has 1 unspecified atom stereocenters. The lowest BCUT2D eigenvalue weighted by Gasteiger charge is -2.13. The van der Waals surface area contributed by atoms with Gasteiger partial charge in [0.25, 0.3) is 0 Å². The van der Waals surface area contributed by atoms with Crippen LogP contribution in [-0.2, 0) is 0 Å². The Morgan fingerprint density at radius 3 is 2.67 bits per heavy atom. The maximum Gasteiger partial charge on any atom is 0.0810 e. The molecular weight excluding hydrogens is 186 g/mol. The fraction of sp³-hybridized carbons (Fsp3) is 0.462. The summed E-state index contributed by atoms with van der Waals surface area (Å²) in [5.41, 5.74) is 3.95. The number of aryl methyl sites for hydroxylation is 2. The Morgan fingerprint density at radius 1 is 1.47 bits per heavy atom. The van der Waals surface area contributed by atoms with E-state index in [1.165, 1.54) is 0 Å². The van der Waals surface area contributed by atoms with Gasteiger partial charge in [0.05, 0.1) is 6.10 Å². The molecule has 0 spiro atoms. The molecule has 0 aliphatic carbocycles. The second kappa shape index (κ2) is 5.08. The number of allylic oxidation sites excluding steroid dienone is 1. The highest BCUT2D eigenvalue weighted by Gasteiger charge is 2.10. The van der Waals surface area contributed by atoms with Gasteiger partial charge in [0.2, 0.25) is 0 Å². The summed E-state index contributed by atoms with van der Waals surface area (Å²) in [6.45, 7) is 9.70. The third-order valence-electron chi connectivity index (χ3n) is 2.47.